The van der Waals surface area contributed by atoms with E-state index in [1.165, 1.54) is 64.4 Å². The summed E-state index contributed by atoms with van der Waals surface area (Å²) in [5, 5.41) is 0.323. The van der Waals surface area contributed by atoms with Crippen LogP contribution in [-0.4, -0.2) is 57.1 Å². The Labute approximate surface area is 301 Å². The van der Waals surface area contributed by atoms with Crippen LogP contribution < -0.4 is 11.1 Å². The zero-order chi connectivity index (χ0) is 39.0. The number of aromatic nitrogens is 6. The van der Waals surface area contributed by atoms with Crippen molar-refractivity contribution in [2.45, 2.75) is 49.8 Å². The minimum absolute atomic E-state index is 0.0972. The molecule has 0 radical (unpaired) electrons. The molecule has 0 aliphatic rings. The van der Waals surface area contributed by atoms with Gasteiger partial charge in [0.2, 0.25) is 0 Å². The lowest BCUT2D eigenvalue weighted by molar-refractivity contribution is -0.106. The predicted molar refractivity (Wildman–Crippen MR) is 183 cm³/mol. The van der Waals surface area contributed by atoms with Crippen LogP contribution in [0.4, 0.5) is 35.1 Å². The zero-order valence-electron chi connectivity index (χ0n) is 27.9. The van der Waals surface area contributed by atoms with E-state index in [1.807, 2.05) is 0 Å². The van der Waals surface area contributed by atoms with Crippen molar-refractivity contribution in [1.82, 2.24) is 29.1 Å². The van der Waals surface area contributed by atoms with Crippen molar-refractivity contribution >= 4 is 44.6 Å². The number of aryl methyl sites for hydroxylation is 4. The highest BCUT2D eigenvalue weighted by Gasteiger charge is 2.32. The molecule has 0 aliphatic carbocycles. The molecule has 9 nitrogen and oxygen atoms in total. The first-order valence-electron chi connectivity index (χ1n) is 15.2. The molecule has 1 unspecified atom stereocenters. The number of thioether (sulfide) groups is 1. The standard InChI is InChI=1S/C17H13F4N3O2S.C17H13F4N3OS/c1-9-6-12(18)13(7-14(9)27(26)8-17(19,20)21)24-10(2)23-15-11(16(24)25)4-3-5-22-15;1-9-6-12(18)13(7-14(9)26-8-17(19,20)21)24-10(2)23-15-11(16(24)25)4-3-5-22-15/h3-7H,8H2,1-2H3;3-7H,8H2,1-2H3. The number of rotatable bonds is 6. The van der Waals surface area contributed by atoms with E-state index in [-0.39, 0.29) is 60.4 Å². The summed E-state index contributed by atoms with van der Waals surface area (Å²) in [5.41, 5.74) is -0.749. The lowest BCUT2D eigenvalue weighted by atomic mass is 10.2. The second-order valence-corrected chi connectivity index (χ2v) is 13.9. The summed E-state index contributed by atoms with van der Waals surface area (Å²) in [7, 11) is -2.44. The second-order valence-electron chi connectivity index (χ2n) is 11.5. The van der Waals surface area contributed by atoms with Crippen LogP contribution in [0.5, 0.6) is 0 Å². The van der Waals surface area contributed by atoms with Gasteiger partial charge in [-0.05, 0) is 87.4 Å². The second kappa shape index (κ2) is 15.1. The Morgan fingerprint density at radius 1 is 0.698 bits per heavy atom. The van der Waals surface area contributed by atoms with E-state index in [2.05, 4.69) is 19.9 Å². The average molecular weight is 783 g/mol. The normalized spacial score (nSPS) is 12.5. The SMILES string of the molecule is Cc1cc(F)c(-n2c(C)nc3ncccc3c2=O)cc1S(=O)CC(F)(F)F.Cc1cc(F)c(-n2c(C)nc3ncccc3c2=O)cc1SCC(F)(F)F. The number of nitrogens with zero attached hydrogens (tertiary/aromatic N) is 6. The third kappa shape index (κ3) is 8.78. The fraction of sp³-hybridized carbons (Fsp3) is 0.235. The molecule has 6 aromatic rings. The van der Waals surface area contributed by atoms with Gasteiger partial charge in [0, 0.05) is 22.2 Å². The molecule has 0 bridgehead atoms. The smallest absolute Gasteiger partial charge is 0.268 e. The van der Waals surface area contributed by atoms with Crippen molar-refractivity contribution in [2.75, 3.05) is 11.5 Å². The summed E-state index contributed by atoms with van der Waals surface area (Å²) in [4.78, 5) is 41.9. The maximum Gasteiger partial charge on any atom is 0.400 e. The van der Waals surface area contributed by atoms with E-state index in [9.17, 15) is 48.9 Å². The molecule has 278 valence electrons. The Bertz CT molecular complexity index is 2520. The summed E-state index contributed by atoms with van der Waals surface area (Å²) in [6.07, 6.45) is -6.07. The van der Waals surface area contributed by atoms with Crippen LogP contribution in [0.15, 0.2) is 80.3 Å². The summed E-state index contributed by atoms with van der Waals surface area (Å²) in [5.74, 6) is -3.93. The molecule has 19 heteroatoms. The van der Waals surface area contributed by atoms with E-state index in [0.717, 1.165) is 27.3 Å². The molecule has 4 heterocycles. The summed E-state index contributed by atoms with van der Waals surface area (Å²) in [6.45, 7) is 5.83. The van der Waals surface area contributed by atoms with Crippen molar-refractivity contribution in [3.05, 3.63) is 116 Å². The number of benzene rings is 2. The van der Waals surface area contributed by atoms with Gasteiger partial charge in [0.25, 0.3) is 11.1 Å². The topological polar surface area (TPSA) is 113 Å². The molecule has 4 aromatic heterocycles. The maximum atomic E-state index is 14.6. The summed E-state index contributed by atoms with van der Waals surface area (Å²) >= 11 is 0.547. The van der Waals surface area contributed by atoms with E-state index < -0.39 is 57.4 Å². The quantitative estimate of drug-likeness (QED) is 0.127. The van der Waals surface area contributed by atoms with E-state index in [4.69, 9.17) is 0 Å². The van der Waals surface area contributed by atoms with Crippen LogP contribution in [0.1, 0.15) is 22.8 Å². The van der Waals surface area contributed by atoms with E-state index >= 15 is 0 Å². The minimum Gasteiger partial charge on any atom is -0.268 e. The number of hydrogen-bond acceptors (Lipinski definition) is 8. The van der Waals surface area contributed by atoms with E-state index in [0.29, 0.717) is 17.3 Å². The molecule has 1 atom stereocenters. The van der Waals surface area contributed by atoms with Gasteiger partial charge < -0.3 is 0 Å². The van der Waals surface area contributed by atoms with Gasteiger partial charge in [0.1, 0.15) is 29.0 Å². The lowest BCUT2D eigenvalue weighted by Crippen LogP contribution is -2.24. The van der Waals surface area contributed by atoms with Gasteiger partial charge in [-0.25, -0.2) is 28.7 Å². The number of pyridine rings is 2. The Morgan fingerprint density at radius 2 is 1.17 bits per heavy atom. The first-order valence-corrected chi connectivity index (χ1v) is 17.5. The monoisotopic (exact) mass is 782 g/mol. The molecular formula is C34H26F8N6O3S2. The molecule has 53 heavy (non-hydrogen) atoms. The number of hydrogen-bond donors (Lipinski definition) is 0. The molecule has 0 fully saturated rings. The molecule has 0 saturated heterocycles. The Hall–Kier alpha value is -5.04. The van der Waals surface area contributed by atoms with Gasteiger partial charge >= 0.3 is 12.4 Å². The third-order valence-corrected chi connectivity index (χ3v) is 10.3. The van der Waals surface area contributed by atoms with Gasteiger partial charge in [-0.15, -0.1) is 11.8 Å². The highest BCUT2D eigenvalue weighted by atomic mass is 32.2. The average Bonchev–Trinajstić information content (AvgIpc) is 3.05. The minimum atomic E-state index is -4.64. The zero-order valence-corrected chi connectivity index (χ0v) is 29.6. The van der Waals surface area contributed by atoms with Crippen LogP contribution in [0, 0.1) is 39.3 Å². The van der Waals surface area contributed by atoms with Crippen molar-refractivity contribution in [3.8, 4) is 11.4 Å². The summed E-state index contributed by atoms with van der Waals surface area (Å²) in [6, 6.07) is 10.4. The van der Waals surface area contributed by atoms with Crippen LogP contribution in [0.25, 0.3) is 33.4 Å². The van der Waals surface area contributed by atoms with Crippen molar-refractivity contribution < 1.29 is 39.3 Å². The number of alkyl halides is 6. The van der Waals surface area contributed by atoms with Crippen LogP contribution in [0.3, 0.4) is 0 Å². The molecule has 0 amide bonds. The number of halogens is 8. The Morgan fingerprint density at radius 3 is 1.64 bits per heavy atom. The van der Waals surface area contributed by atoms with Crippen LogP contribution in [-0.2, 0) is 10.8 Å². The molecule has 0 aliphatic heterocycles. The summed E-state index contributed by atoms with van der Waals surface area (Å²) < 4.78 is 118. The third-order valence-electron chi connectivity index (χ3n) is 7.52. The first-order chi connectivity index (χ1) is 24.8. The molecular weight excluding hydrogens is 757 g/mol. The van der Waals surface area contributed by atoms with Crippen LogP contribution in [0.2, 0.25) is 0 Å². The van der Waals surface area contributed by atoms with Crippen LogP contribution >= 0.6 is 11.8 Å². The van der Waals surface area contributed by atoms with Crippen molar-refractivity contribution in [2.24, 2.45) is 0 Å². The van der Waals surface area contributed by atoms with E-state index in [1.54, 1.807) is 6.07 Å². The predicted octanol–water partition coefficient (Wildman–Crippen LogP) is 7.40. The van der Waals surface area contributed by atoms with Gasteiger partial charge in [-0.3, -0.25) is 22.9 Å². The van der Waals surface area contributed by atoms with Gasteiger partial charge in [0.05, 0.1) is 38.7 Å². The largest absolute Gasteiger partial charge is 0.400 e. The molecule has 0 spiro atoms. The van der Waals surface area contributed by atoms with Gasteiger partial charge in [-0.2, -0.15) is 26.3 Å². The molecule has 2 aromatic carbocycles. The fourth-order valence-corrected chi connectivity index (χ4v) is 7.14. The molecule has 0 saturated carbocycles. The highest BCUT2D eigenvalue weighted by molar-refractivity contribution is 7.99. The van der Waals surface area contributed by atoms with Gasteiger partial charge in [0.15, 0.2) is 11.3 Å². The Balaban J connectivity index is 0.000000204. The molecule has 0 N–H and O–H groups in total. The maximum absolute atomic E-state index is 14.6. The first kappa shape index (κ1) is 39.2. The molecule has 6 rings (SSSR count). The lowest BCUT2D eigenvalue weighted by Gasteiger charge is -2.15. The van der Waals surface area contributed by atoms with Crippen molar-refractivity contribution in [1.29, 1.82) is 0 Å². The fourth-order valence-electron chi connectivity index (χ4n) is 5.23. The Kier molecular flexibility index (Phi) is 11.2. The highest BCUT2D eigenvalue weighted by Crippen LogP contribution is 2.32. The van der Waals surface area contributed by atoms with Gasteiger partial charge in [-0.1, -0.05) is 0 Å². The van der Waals surface area contributed by atoms with Crippen molar-refractivity contribution in [3.63, 3.8) is 0 Å². The number of fused-ring (bicyclic) bond motifs is 2.